The van der Waals surface area contributed by atoms with Crippen LogP contribution in [0.1, 0.15) is 61.1 Å². The highest BCUT2D eigenvalue weighted by Crippen LogP contribution is 2.31. The molecular weight excluding hydrogens is 426 g/mol. The van der Waals surface area contributed by atoms with E-state index in [1.807, 2.05) is 0 Å². The van der Waals surface area contributed by atoms with E-state index in [0.717, 1.165) is 36.8 Å². The van der Waals surface area contributed by atoms with Gasteiger partial charge in [0.2, 0.25) is 0 Å². The molecule has 0 unspecified atom stereocenters. The molecule has 0 radical (unpaired) electrons. The van der Waals surface area contributed by atoms with E-state index >= 15 is 0 Å². The van der Waals surface area contributed by atoms with Crippen LogP contribution in [0, 0.1) is 5.92 Å². The molecule has 0 N–H and O–H groups in total. The molecule has 1 saturated carbocycles. The summed E-state index contributed by atoms with van der Waals surface area (Å²) in [5.41, 5.74) is 1.83. The number of nitrogens with zero attached hydrogens (tertiary/aromatic N) is 3. The van der Waals surface area contributed by atoms with Crippen molar-refractivity contribution in [1.82, 2.24) is 9.97 Å². The van der Waals surface area contributed by atoms with Gasteiger partial charge in [0.15, 0.2) is 15.6 Å². The van der Waals surface area contributed by atoms with Crippen LogP contribution >= 0.6 is 0 Å². The van der Waals surface area contributed by atoms with E-state index in [1.165, 1.54) is 26.1 Å². The molecule has 8 heteroatoms. The van der Waals surface area contributed by atoms with Gasteiger partial charge in [-0.1, -0.05) is 31.2 Å². The van der Waals surface area contributed by atoms with Gasteiger partial charge in [0.05, 0.1) is 11.5 Å². The van der Waals surface area contributed by atoms with Crippen molar-refractivity contribution in [2.24, 2.45) is 5.92 Å². The second-order valence-electron chi connectivity index (χ2n) is 8.61. The molecule has 1 aromatic heterocycles. The van der Waals surface area contributed by atoms with Crippen molar-refractivity contribution in [3.63, 3.8) is 0 Å². The highest BCUT2D eigenvalue weighted by molar-refractivity contribution is 7.90. The number of carbonyl (C=O) groups excluding carboxylic acids is 2. The van der Waals surface area contributed by atoms with Crippen molar-refractivity contribution in [3.8, 4) is 0 Å². The summed E-state index contributed by atoms with van der Waals surface area (Å²) in [4.78, 5) is 34.6. The summed E-state index contributed by atoms with van der Waals surface area (Å²) in [7, 11) is -3.34. The Bertz CT molecular complexity index is 1050. The first-order valence-electron chi connectivity index (χ1n) is 11.1. The highest BCUT2D eigenvalue weighted by atomic mass is 32.2. The van der Waals surface area contributed by atoms with Gasteiger partial charge in [-0.25, -0.2) is 18.4 Å². The second-order valence-corrected chi connectivity index (χ2v) is 10.8. The number of ketones is 2. The van der Waals surface area contributed by atoms with Crippen LogP contribution in [0.5, 0.6) is 0 Å². The molecule has 7 nitrogen and oxygen atoms in total. The van der Waals surface area contributed by atoms with Gasteiger partial charge in [-0.2, -0.15) is 0 Å². The Labute approximate surface area is 190 Å². The third-order valence-electron chi connectivity index (χ3n) is 5.47. The van der Waals surface area contributed by atoms with Crippen molar-refractivity contribution in [2.75, 3.05) is 23.7 Å². The number of hydrogen-bond acceptors (Lipinski definition) is 7. The van der Waals surface area contributed by atoms with Crippen LogP contribution in [0.3, 0.4) is 0 Å². The highest BCUT2D eigenvalue weighted by Gasteiger charge is 2.25. The quantitative estimate of drug-likeness (QED) is 0.425. The third kappa shape index (κ3) is 7.51. The summed E-state index contributed by atoms with van der Waals surface area (Å²) in [6, 6.07) is 8.75. The van der Waals surface area contributed by atoms with E-state index in [4.69, 9.17) is 0 Å². The number of benzene rings is 1. The largest absolute Gasteiger partial charge is 0.356 e. The van der Waals surface area contributed by atoms with E-state index in [0.29, 0.717) is 11.3 Å². The minimum absolute atomic E-state index is 0.0339. The Balaban J connectivity index is 1.62. The van der Waals surface area contributed by atoms with Crippen LogP contribution in [0.15, 0.2) is 36.7 Å². The standard InChI is InChI=1S/C24H31N3O4S/c1-3-11-27(15-20-6-7-20)24-14-22(25-17-26-24)23(29)13-19-4-8-21(9-5-19)16-32(30,31)12-10-18(2)28/h4-5,8-9,14,17,20H,3,6-7,10-13,15-16H2,1-2H3. The fourth-order valence-corrected chi connectivity index (χ4v) is 4.95. The SMILES string of the molecule is CCCN(CC1CC1)c1cc(C(=O)Cc2ccc(CS(=O)(=O)CCC(C)=O)cc2)ncn1. The van der Waals surface area contributed by atoms with Crippen molar-refractivity contribution in [3.05, 3.63) is 53.5 Å². The first-order chi connectivity index (χ1) is 15.3. The number of sulfone groups is 1. The van der Waals surface area contributed by atoms with E-state index in [-0.39, 0.29) is 35.9 Å². The first kappa shape index (κ1) is 24.0. The Kier molecular flexibility index (Phi) is 8.12. The summed E-state index contributed by atoms with van der Waals surface area (Å²) >= 11 is 0. The monoisotopic (exact) mass is 457 g/mol. The van der Waals surface area contributed by atoms with Crippen LogP contribution in [0.4, 0.5) is 5.82 Å². The fourth-order valence-electron chi connectivity index (χ4n) is 3.51. The molecule has 3 rings (SSSR count). The smallest absolute Gasteiger partial charge is 0.185 e. The molecule has 0 amide bonds. The molecule has 0 bridgehead atoms. The zero-order valence-corrected chi connectivity index (χ0v) is 19.6. The maximum absolute atomic E-state index is 12.8. The van der Waals surface area contributed by atoms with Gasteiger partial charge in [-0.3, -0.25) is 9.59 Å². The average molecular weight is 458 g/mol. The molecule has 2 aromatic rings. The van der Waals surface area contributed by atoms with Crippen molar-refractivity contribution in [2.45, 2.75) is 51.7 Å². The number of carbonyl (C=O) groups is 2. The molecule has 1 heterocycles. The molecule has 1 fully saturated rings. The van der Waals surface area contributed by atoms with Crippen LogP contribution in [0.2, 0.25) is 0 Å². The van der Waals surface area contributed by atoms with Gasteiger partial charge < -0.3 is 4.90 Å². The van der Waals surface area contributed by atoms with Gasteiger partial charge in [0.1, 0.15) is 23.6 Å². The van der Waals surface area contributed by atoms with E-state index in [1.54, 1.807) is 30.3 Å². The van der Waals surface area contributed by atoms with Crippen LogP contribution in [-0.4, -0.2) is 48.8 Å². The minimum atomic E-state index is -3.34. The van der Waals surface area contributed by atoms with Crippen LogP contribution < -0.4 is 4.90 Å². The number of hydrogen-bond donors (Lipinski definition) is 0. The van der Waals surface area contributed by atoms with Gasteiger partial charge in [-0.15, -0.1) is 0 Å². The van der Waals surface area contributed by atoms with Gasteiger partial charge in [-0.05, 0) is 43.2 Å². The van der Waals surface area contributed by atoms with E-state index in [2.05, 4.69) is 21.8 Å². The lowest BCUT2D eigenvalue weighted by atomic mass is 10.1. The summed E-state index contributed by atoms with van der Waals surface area (Å²) in [5, 5.41) is 0. The lowest BCUT2D eigenvalue weighted by molar-refractivity contribution is -0.116. The number of Topliss-reactive ketones (excluding diaryl/α,β-unsaturated/α-hetero) is 2. The molecule has 32 heavy (non-hydrogen) atoms. The molecule has 172 valence electrons. The Morgan fingerprint density at radius 1 is 1.09 bits per heavy atom. The number of rotatable bonds is 13. The zero-order chi connectivity index (χ0) is 23.1. The molecule has 1 aromatic carbocycles. The molecular formula is C24H31N3O4S. The Morgan fingerprint density at radius 3 is 2.41 bits per heavy atom. The molecule has 0 saturated heterocycles. The molecule has 1 aliphatic rings. The summed E-state index contributed by atoms with van der Waals surface area (Å²) in [6.45, 7) is 5.38. The van der Waals surface area contributed by atoms with Gasteiger partial charge in [0.25, 0.3) is 0 Å². The van der Waals surface area contributed by atoms with Crippen LogP contribution in [-0.2, 0) is 26.8 Å². The summed E-state index contributed by atoms with van der Waals surface area (Å²) < 4.78 is 24.3. The minimum Gasteiger partial charge on any atom is -0.356 e. The summed E-state index contributed by atoms with van der Waals surface area (Å²) in [5.74, 6) is 1.02. The molecule has 0 spiro atoms. The second kappa shape index (κ2) is 10.8. The van der Waals surface area contributed by atoms with Crippen molar-refractivity contribution >= 4 is 27.2 Å². The fraction of sp³-hybridized carbons (Fsp3) is 0.500. The normalized spacial score (nSPS) is 13.7. The van der Waals surface area contributed by atoms with E-state index in [9.17, 15) is 18.0 Å². The summed E-state index contributed by atoms with van der Waals surface area (Å²) in [6.07, 6.45) is 5.19. The average Bonchev–Trinajstić information content (AvgIpc) is 3.57. The predicted octanol–water partition coefficient (Wildman–Crippen LogP) is 3.42. The van der Waals surface area contributed by atoms with Crippen LogP contribution in [0.25, 0.3) is 0 Å². The maximum atomic E-state index is 12.8. The molecule has 1 aliphatic carbocycles. The zero-order valence-electron chi connectivity index (χ0n) is 18.8. The lowest BCUT2D eigenvalue weighted by Crippen LogP contribution is -2.27. The molecule has 0 atom stereocenters. The van der Waals surface area contributed by atoms with Gasteiger partial charge >= 0.3 is 0 Å². The number of anilines is 1. The van der Waals surface area contributed by atoms with E-state index < -0.39 is 9.84 Å². The maximum Gasteiger partial charge on any atom is 0.185 e. The topological polar surface area (TPSA) is 97.3 Å². The van der Waals surface area contributed by atoms with Crippen molar-refractivity contribution in [1.29, 1.82) is 0 Å². The first-order valence-corrected chi connectivity index (χ1v) is 13.0. The Morgan fingerprint density at radius 2 is 1.78 bits per heavy atom. The number of aromatic nitrogens is 2. The third-order valence-corrected chi connectivity index (χ3v) is 7.07. The Hall–Kier alpha value is -2.61. The molecule has 0 aliphatic heterocycles. The lowest BCUT2D eigenvalue weighted by Gasteiger charge is -2.23. The van der Waals surface area contributed by atoms with Crippen molar-refractivity contribution < 1.29 is 18.0 Å². The van der Waals surface area contributed by atoms with Gasteiger partial charge in [0, 0.05) is 32.0 Å². The predicted molar refractivity (Wildman–Crippen MR) is 125 cm³/mol.